The highest BCUT2D eigenvalue weighted by atomic mass is 19.1. The molecular formula is C33H60FN7O6. The fourth-order valence-corrected chi connectivity index (χ4v) is 6.52. The van der Waals surface area contributed by atoms with Crippen LogP contribution in [0.3, 0.4) is 0 Å². The Hall–Kier alpha value is -2.84. The minimum Gasteiger partial charge on any atom is -0.391 e. The van der Waals surface area contributed by atoms with E-state index in [0.29, 0.717) is 32.1 Å². The van der Waals surface area contributed by atoms with Crippen LogP contribution in [0.15, 0.2) is 0 Å². The van der Waals surface area contributed by atoms with Crippen LogP contribution in [-0.4, -0.2) is 121 Å². The number of amides is 5. The lowest BCUT2D eigenvalue weighted by Crippen LogP contribution is -2.63. The predicted molar refractivity (Wildman–Crippen MR) is 178 cm³/mol. The Morgan fingerprint density at radius 3 is 2.17 bits per heavy atom. The standard InChI is InChI=1S/C33H60FN7O6/c1-6-7-14-25-33(47)40(5)26(19-21(2)3)30(44)39-28(23-12-9-8-10-13-23)32(46)37-24(20-35)29(43)38-27(22(4)42)31(45)36-16-18-41(25)17-11-15-34/h21-28,42H,6-20,35H2,1-5H3,(H,36,45)(H,37,46)(H,38,43)(H,39,44)/t22-,24-,25-,26-,27-,28?/m0/s1. The normalized spacial score (nSPS) is 27.8. The van der Waals surface area contributed by atoms with E-state index in [4.69, 9.17) is 5.73 Å². The van der Waals surface area contributed by atoms with Crippen molar-refractivity contribution < 1.29 is 33.5 Å². The second-order valence-corrected chi connectivity index (χ2v) is 13.5. The number of carbonyl (C=O) groups is 5. The van der Waals surface area contributed by atoms with Gasteiger partial charge < -0.3 is 37.0 Å². The minimum absolute atomic E-state index is 0.0416. The third-order valence-corrected chi connectivity index (χ3v) is 9.28. The van der Waals surface area contributed by atoms with Gasteiger partial charge >= 0.3 is 0 Å². The summed E-state index contributed by atoms with van der Waals surface area (Å²) in [5, 5.41) is 21.3. The highest BCUT2D eigenvalue weighted by Gasteiger charge is 2.39. The first-order chi connectivity index (χ1) is 22.4. The van der Waals surface area contributed by atoms with E-state index < -0.39 is 66.6 Å². The van der Waals surface area contributed by atoms with Gasteiger partial charge in [-0.1, -0.05) is 52.9 Å². The molecule has 2 aliphatic rings. The molecule has 0 spiro atoms. The summed E-state index contributed by atoms with van der Waals surface area (Å²) in [6, 6.07) is -5.12. The number of halogens is 1. The molecule has 0 aromatic carbocycles. The number of aliphatic hydroxyl groups excluding tert-OH is 1. The number of nitrogens with one attached hydrogen (secondary N) is 4. The summed E-state index contributed by atoms with van der Waals surface area (Å²) in [6.07, 6.45) is 5.44. The van der Waals surface area contributed by atoms with Crippen LogP contribution < -0.4 is 27.0 Å². The molecule has 47 heavy (non-hydrogen) atoms. The molecule has 7 N–H and O–H groups in total. The Kier molecular flexibility index (Phi) is 17.6. The van der Waals surface area contributed by atoms with Gasteiger partial charge in [0.2, 0.25) is 29.5 Å². The molecule has 14 heteroatoms. The molecule has 0 radical (unpaired) electrons. The Balaban J connectivity index is 2.61. The summed E-state index contributed by atoms with van der Waals surface area (Å²) in [5.41, 5.74) is 5.89. The van der Waals surface area contributed by atoms with Crippen molar-refractivity contribution in [2.75, 3.05) is 39.9 Å². The lowest BCUT2D eigenvalue weighted by molar-refractivity contribution is -0.145. The number of hydrogen-bond donors (Lipinski definition) is 6. The zero-order valence-corrected chi connectivity index (χ0v) is 29.1. The van der Waals surface area contributed by atoms with Crippen LogP contribution in [0.5, 0.6) is 0 Å². The highest BCUT2D eigenvalue weighted by molar-refractivity contribution is 5.96. The molecular weight excluding hydrogens is 609 g/mol. The average molecular weight is 670 g/mol. The van der Waals surface area contributed by atoms with Crippen molar-refractivity contribution in [2.24, 2.45) is 17.6 Å². The summed E-state index contributed by atoms with van der Waals surface area (Å²) < 4.78 is 13.4. The van der Waals surface area contributed by atoms with Gasteiger partial charge in [0.1, 0.15) is 24.2 Å². The van der Waals surface area contributed by atoms with E-state index in [0.717, 1.165) is 25.7 Å². The number of likely N-dealkylation sites (N-methyl/N-ethyl adjacent to an activating group) is 1. The van der Waals surface area contributed by atoms with Crippen LogP contribution in [0.4, 0.5) is 4.39 Å². The smallest absolute Gasteiger partial charge is 0.245 e. The Labute approximate surface area is 279 Å². The van der Waals surface area contributed by atoms with Crippen LogP contribution in [0.1, 0.15) is 91.9 Å². The van der Waals surface area contributed by atoms with E-state index in [-0.39, 0.29) is 50.3 Å². The van der Waals surface area contributed by atoms with Crippen LogP contribution in [0, 0.1) is 11.8 Å². The second-order valence-electron chi connectivity index (χ2n) is 13.5. The third kappa shape index (κ3) is 12.3. The number of rotatable bonds is 11. The van der Waals surface area contributed by atoms with E-state index in [2.05, 4.69) is 21.3 Å². The van der Waals surface area contributed by atoms with Crippen LogP contribution in [-0.2, 0) is 24.0 Å². The van der Waals surface area contributed by atoms with Gasteiger partial charge in [0.25, 0.3) is 0 Å². The summed E-state index contributed by atoms with van der Waals surface area (Å²) in [5.74, 6) is -2.87. The van der Waals surface area contributed by atoms with Crippen molar-refractivity contribution in [2.45, 2.75) is 128 Å². The molecule has 1 aliphatic heterocycles. The molecule has 2 fully saturated rings. The maximum atomic E-state index is 14.3. The van der Waals surface area contributed by atoms with Crippen molar-refractivity contribution in [1.29, 1.82) is 0 Å². The monoisotopic (exact) mass is 669 g/mol. The topological polar surface area (TPSA) is 186 Å². The zero-order valence-electron chi connectivity index (χ0n) is 29.1. The van der Waals surface area contributed by atoms with Gasteiger partial charge in [-0.3, -0.25) is 33.3 Å². The summed E-state index contributed by atoms with van der Waals surface area (Å²) in [4.78, 5) is 72.0. The number of carbonyl (C=O) groups excluding carboxylic acids is 5. The predicted octanol–water partition coefficient (Wildman–Crippen LogP) is 0.584. The zero-order chi connectivity index (χ0) is 35.1. The van der Waals surface area contributed by atoms with Gasteiger partial charge in [0, 0.05) is 33.2 Å². The van der Waals surface area contributed by atoms with Gasteiger partial charge in [-0.05, 0) is 50.9 Å². The number of nitrogens with zero attached hydrogens (tertiary/aromatic N) is 2. The molecule has 1 heterocycles. The molecule has 0 aromatic heterocycles. The number of hydrogen-bond acceptors (Lipinski definition) is 8. The van der Waals surface area contributed by atoms with E-state index in [1.165, 1.54) is 11.8 Å². The molecule has 1 unspecified atom stereocenters. The maximum Gasteiger partial charge on any atom is 0.245 e. The molecule has 270 valence electrons. The Bertz CT molecular complexity index is 1030. The Morgan fingerprint density at radius 1 is 0.915 bits per heavy atom. The fraction of sp³-hybridized carbons (Fsp3) is 0.848. The largest absolute Gasteiger partial charge is 0.391 e. The molecule has 0 aromatic rings. The van der Waals surface area contributed by atoms with Gasteiger partial charge in [0.15, 0.2) is 0 Å². The molecule has 0 bridgehead atoms. The van der Waals surface area contributed by atoms with Crippen LogP contribution in [0.2, 0.25) is 0 Å². The van der Waals surface area contributed by atoms with E-state index in [1.54, 1.807) is 7.05 Å². The summed E-state index contributed by atoms with van der Waals surface area (Å²) >= 11 is 0. The van der Waals surface area contributed by atoms with Crippen LogP contribution in [0.25, 0.3) is 0 Å². The molecule has 1 aliphatic carbocycles. The molecule has 2 rings (SSSR count). The SMILES string of the molecule is CCCC[C@H]1C(=O)N(C)[C@@H](CC(C)C)C(=O)NC(C2CCCCC2)C(=O)N[C@@H](CN)C(=O)N[C@@H]([C@H](C)O)C(=O)NCCN1CCCF. The molecule has 1 saturated heterocycles. The van der Waals surface area contributed by atoms with Gasteiger partial charge in [-0.2, -0.15) is 0 Å². The number of alkyl halides is 1. The first-order valence-electron chi connectivity index (χ1n) is 17.5. The first-order valence-corrected chi connectivity index (χ1v) is 17.5. The van der Waals surface area contributed by atoms with Crippen molar-refractivity contribution in [3.63, 3.8) is 0 Å². The van der Waals surface area contributed by atoms with Crippen molar-refractivity contribution in [1.82, 2.24) is 31.1 Å². The number of aliphatic hydroxyl groups is 1. The summed E-state index contributed by atoms with van der Waals surface area (Å²) in [6.45, 7) is 6.91. The molecule has 1 saturated carbocycles. The quantitative estimate of drug-likeness (QED) is 0.185. The summed E-state index contributed by atoms with van der Waals surface area (Å²) in [7, 11) is 1.60. The van der Waals surface area contributed by atoms with Crippen LogP contribution >= 0.6 is 0 Å². The van der Waals surface area contributed by atoms with E-state index in [9.17, 15) is 33.5 Å². The van der Waals surface area contributed by atoms with Gasteiger partial charge in [-0.25, -0.2) is 0 Å². The van der Waals surface area contributed by atoms with E-state index in [1.807, 2.05) is 25.7 Å². The Morgan fingerprint density at radius 2 is 1.60 bits per heavy atom. The van der Waals surface area contributed by atoms with Crippen molar-refractivity contribution in [3.05, 3.63) is 0 Å². The number of unbranched alkanes of at least 4 members (excludes halogenated alkanes) is 1. The minimum atomic E-state index is -1.35. The molecule has 5 amide bonds. The lowest BCUT2D eigenvalue weighted by Gasteiger charge is -2.38. The van der Waals surface area contributed by atoms with Gasteiger partial charge in [0.05, 0.1) is 18.8 Å². The average Bonchev–Trinajstić information content (AvgIpc) is 3.04. The first kappa shape index (κ1) is 40.3. The lowest BCUT2D eigenvalue weighted by atomic mass is 9.83. The fourth-order valence-electron chi connectivity index (χ4n) is 6.52. The maximum absolute atomic E-state index is 14.3. The van der Waals surface area contributed by atoms with Crippen molar-refractivity contribution in [3.8, 4) is 0 Å². The third-order valence-electron chi connectivity index (χ3n) is 9.28. The molecule has 13 nitrogen and oxygen atoms in total. The molecule has 6 atom stereocenters. The van der Waals surface area contributed by atoms with Gasteiger partial charge in [-0.15, -0.1) is 0 Å². The second kappa shape index (κ2) is 20.5. The van der Waals surface area contributed by atoms with Crippen molar-refractivity contribution >= 4 is 29.5 Å². The number of nitrogens with two attached hydrogens (primary N) is 1. The highest BCUT2D eigenvalue weighted by Crippen LogP contribution is 2.27. The van der Waals surface area contributed by atoms with E-state index >= 15 is 0 Å².